The highest BCUT2D eigenvalue weighted by molar-refractivity contribution is 7.86. The predicted octanol–water partition coefficient (Wildman–Crippen LogP) is 1.38. The second kappa shape index (κ2) is 4.05. The number of aryl methyl sites for hydroxylation is 1. The molecule has 0 atom stereocenters. The van der Waals surface area contributed by atoms with E-state index in [9.17, 15) is 22.9 Å². The topological polar surface area (TPSA) is 86.5 Å². The Morgan fingerprint density at radius 3 is 2.44 bits per heavy atom. The number of nitro benzene ring substituents is 1. The first-order valence-corrected chi connectivity index (χ1v) is 5.86. The minimum atomic E-state index is -3.80. The molecule has 0 saturated carbocycles. The summed E-state index contributed by atoms with van der Waals surface area (Å²) in [7, 11) is -3.80. The van der Waals surface area contributed by atoms with Gasteiger partial charge in [0, 0.05) is 0 Å². The largest absolute Gasteiger partial charge is 0.382 e. The van der Waals surface area contributed by atoms with Crippen molar-refractivity contribution in [3.63, 3.8) is 0 Å². The highest BCUT2D eigenvalue weighted by atomic mass is 32.2. The first-order chi connectivity index (χ1) is 7.20. The summed E-state index contributed by atoms with van der Waals surface area (Å²) < 4.78 is 39.2. The van der Waals surface area contributed by atoms with Crippen molar-refractivity contribution in [3.8, 4) is 5.75 Å². The molecule has 0 unspecified atom stereocenters. The van der Waals surface area contributed by atoms with Crippen LogP contribution in [0.4, 0.5) is 10.1 Å². The maximum absolute atomic E-state index is 13.1. The first-order valence-electron chi connectivity index (χ1n) is 4.04. The molecule has 1 rings (SSSR count). The van der Waals surface area contributed by atoms with Crippen LogP contribution < -0.4 is 4.18 Å². The Bertz CT molecular complexity index is 540. The highest BCUT2D eigenvalue weighted by Gasteiger charge is 2.19. The molecule has 0 saturated heterocycles. The van der Waals surface area contributed by atoms with Crippen molar-refractivity contribution in [1.29, 1.82) is 0 Å². The van der Waals surface area contributed by atoms with Gasteiger partial charge in [-0.2, -0.15) is 12.8 Å². The second-order valence-electron chi connectivity index (χ2n) is 3.11. The molecular weight excluding hydrogens is 241 g/mol. The van der Waals surface area contributed by atoms with E-state index in [1.807, 2.05) is 0 Å². The van der Waals surface area contributed by atoms with Crippen LogP contribution >= 0.6 is 0 Å². The van der Waals surface area contributed by atoms with Gasteiger partial charge in [-0.25, -0.2) is 0 Å². The van der Waals surface area contributed by atoms with Crippen molar-refractivity contribution in [2.45, 2.75) is 6.92 Å². The van der Waals surface area contributed by atoms with Crippen LogP contribution in [-0.4, -0.2) is 19.6 Å². The molecule has 88 valence electrons. The fourth-order valence-corrected chi connectivity index (χ4v) is 1.54. The molecule has 1 aromatic carbocycles. The van der Waals surface area contributed by atoms with Crippen LogP contribution in [0.1, 0.15) is 5.56 Å². The molecule has 0 aliphatic carbocycles. The zero-order valence-corrected chi connectivity index (χ0v) is 9.25. The molecule has 1 aromatic rings. The highest BCUT2D eigenvalue weighted by Crippen LogP contribution is 2.28. The number of benzene rings is 1. The third-order valence-electron chi connectivity index (χ3n) is 1.68. The van der Waals surface area contributed by atoms with E-state index < -0.39 is 26.5 Å². The SMILES string of the molecule is Cc1cc(F)c([N+](=O)[O-])cc1OS(C)(=O)=O. The van der Waals surface area contributed by atoms with E-state index in [4.69, 9.17) is 0 Å². The summed E-state index contributed by atoms with van der Waals surface area (Å²) in [5, 5.41) is 10.4. The minimum Gasteiger partial charge on any atom is -0.382 e. The van der Waals surface area contributed by atoms with Crippen molar-refractivity contribution < 1.29 is 21.9 Å². The predicted molar refractivity (Wildman–Crippen MR) is 53.3 cm³/mol. The summed E-state index contributed by atoms with van der Waals surface area (Å²) in [4.78, 5) is 9.46. The van der Waals surface area contributed by atoms with Gasteiger partial charge in [0.1, 0.15) is 0 Å². The molecule has 0 amide bonds. The van der Waals surface area contributed by atoms with E-state index in [0.29, 0.717) is 0 Å². The van der Waals surface area contributed by atoms with Gasteiger partial charge in [0.25, 0.3) is 0 Å². The quantitative estimate of drug-likeness (QED) is 0.459. The number of halogens is 1. The molecule has 0 bridgehead atoms. The van der Waals surface area contributed by atoms with Gasteiger partial charge in [-0.05, 0) is 18.6 Å². The fourth-order valence-electron chi connectivity index (χ4n) is 1.03. The van der Waals surface area contributed by atoms with Crippen molar-refractivity contribution in [1.82, 2.24) is 0 Å². The first kappa shape index (κ1) is 12.4. The third kappa shape index (κ3) is 2.89. The van der Waals surface area contributed by atoms with Gasteiger partial charge in [0.2, 0.25) is 5.82 Å². The molecular formula is C8H8FNO5S. The van der Waals surface area contributed by atoms with Crippen molar-refractivity contribution in [2.75, 3.05) is 6.26 Å². The Labute approximate surface area is 90.9 Å². The molecule has 0 N–H and O–H groups in total. The Hall–Kier alpha value is -1.70. The average molecular weight is 249 g/mol. The molecule has 0 aliphatic rings. The number of hydrogen-bond donors (Lipinski definition) is 0. The molecule has 0 heterocycles. The second-order valence-corrected chi connectivity index (χ2v) is 4.69. The summed E-state index contributed by atoms with van der Waals surface area (Å²) in [5.74, 6) is -1.29. The Kier molecular flexibility index (Phi) is 3.13. The maximum Gasteiger partial charge on any atom is 0.308 e. The summed E-state index contributed by atoms with van der Waals surface area (Å²) in [6.07, 6.45) is 0.793. The van der Waals surface area contributed by atoms with Gasteiger partial charge in [0.15, 0.2) is 5.75 Å². The van der Waals surface area contributed by atoms with E-state index >= 15 is 0 Å². The summed E-state index contributed by atoms with van der Waals surface area (Å²) in [6, 6.07) is 1.59. The molecule has 0 spiro atoms. The van der Waals surface area contributed by atoms with Crippen LogP contribution in [0, 0.1) is 22.9 Å². The van der Waals surface area contributed by atoms with Gasteiger partial charge in [-0.15, -0.1) is 0 Å². The fraction of sp³-hybridized carbons (Fsp3) is 0.250. The van der Waals surface area contributed by atoms with E-state index in [0.717, 1.165) is 18.4 Å². The lowest BCUT2D eigenvalue weighted by atomic mass is 10.2. The molecule has 0 fully saturated rings. The maximum atomic E-state index is 13.1. The van der Waals surface area contributed by atoms with Gasteiger partial charge >= 0.3 is 15.8 Å². The van der Waals surface area contributed by atoms with Gasteiger partial charge in [0.05, 0.1) is 17.2 Å². The monoisotopic (exact) mass is 249 g/mol. The van der Waals surface area contributed by atoms with Crippen molar-refractivity contribution >= 4 is 15.8 Å². The van der Waals surface area contributed by atoms with Crippen molar-refractivity contribution in [3.05, 3.63) is 33.6 Å². The van der Waals surface area contributed by atoms with Crippen LogP contribution in [0.2, 0.25) is 0 Å². The molecule has 16 heavy (non-hydrogen) atoms. The number of rotatable bonds is 3. The number of nitrogens with zero attached hydrogens (tertiary/aromatic N) is 1. The Balaban J connectivity index is 3.31. The van der Waals surface area contributed by atoms with Crippen LogP contribution in [0.3, 0.4) is 0 Å². The molecule has 0 aliphatic heterocycles. The molecule has 0 aromatic heterocycles. The van der Waals surface area contributed by atoms with Gasteiger partial charge < -0.3 is 4.18 Å². The standard InChI is InChI=1S/C8H8FNO5S/c1-5-3-6(9)7(10(11)12)4-8(5)15-16(2,13)14/h3-4H,1-2H3. The zero-order valence-electron chi connectivity index (χ0n) is 8.43. The van der Waals surface area contributed by atoms with Crippen LogP contribution in [0.15, 0.2) is 12.1 Å². The van der Waals surface area contributed by atoms with Crippen LogP contribution in [0.25, 0.3) is 0 Å². The van der Waals surface area contributed by atoms with E-state index in [1.54, 1.807) is 0 Å². The summed E-state index contributed by atoms with van der Waals surface area (Å²) in [5.41, 5.74) is -0.669. The zero-order chi connectivity index (χ0) is 12.5. The molecule has 0 radical (unpaired) electrons. The van der Waals surface area contributed by atoms with E-state index in [2.05, 4.69) is 4.18 Å². The summed E-state index contributed by atoms with van der Waals surface area (Å²) in [6.45, 7) is 1.38. The lowest BCUT2D eigenvalue weighted by Gasteiger charge is -2.06. The average Bonchev–Trinajstić information content (AvgIpc) is 2.07. The minimum absolute atomic E-state index is 0.161. The normalized spacial score (nSPS) is 11.2. The number of hydrogen-bond acceptors (Lipinski definition) is 5. The molecule has 6 nitrogen and oxygen atoms in total. The molecule has 8 heteroatoms. The van der Waals surface area contributed by atoms with Crippen LogP contribution in [0.5, 0.6) is 5.75 Å². The lowest BCUT2D eigenvalue weighted by Crippen LogP contribution is -2.07. The van der Waals surface area contributed by atoms with Gasteiger partial charge in [-0.3, -0.25) is 10.1 Å². The third-order valence-corrected chi connectivity index (χ3v) is 2.16. The Morgan fingerprint density at radius 1 is 1.44 bits per heavy atom. The summed E-state index contributed by atoms with van der Waals surface area (Å²) >= 11 is 0. The van der Waals surface area contributed by atoms with Crippen LogP contribution in [-0.2, 0) is 10.1 Å². The number of nitro groups is 1. The smallest absolute Gasteiger partial charge is 0.308 e. The van der Waals surface area contributed by atoms with Gasteiger partial charge in [-0.1, -0.05) is 0 Å². The van der Waals surface area contributed by atoms with E-state index in [-0.39, 0.29) is 11.3 Å². The van der Waals surface area contributed by atoms with E-state index in [1.165, 1.54) is 6.92 Å². The van der Waals surface area contributed by atoms with Crippen molar-refractivity contribution in [2.24, 2.45) is 0 Å². The Morgan fingerprint density at radius 2 is 2.00 bits per heavy atom. The lowest BCUT2D eigenvalue weighted by molar-refractivity contribution is -0.387.